The van der Waals surface area contributed by atoms with Gasteiger partial charge < -0.3 is 15.2 Å². The zero-order chi connectivity index (χ0) is 14.2. The van der Waals surface area contributed by atoms with Crippen LogP contribution in [0.2, 0.25) is 0 Å². The Morgan fingerprint density at radius 2 is 2.35 bits per heavy atom. The molecule has 0 saturated heterocycles. The molecule has 108 valence electrons. The lowest BCUT2D eigenvalue weighted by Gasteiger charge is -2.09. The first-order valence-corrected chi connectivity index (χ1v) is 7.54. The molecule has 2 N–H and O–H groups in total. The molecule has 0 saturated carbocycles. The Balaban J connectivity index is 1.80. The van der Waals surface area contributed by atoms with Crippen molar-refractivity contribution >= 4 is 17.3 Å². The van der Waals surface area contributed by atoms with Gasteiger partial charge in [0.15, 0.2) is 11.8 Å². The van der Waals surface area contributed by atoms with Crippen molar-refractivity contribution in [2.45, 2.75) is 26.8 Å². The Kier molecular flexibility index (Phi) is 5.55. The summed E-state index contributed by atoms with van der Waals surface area (Å²) >= 11 is 1.68. The van der Waals surface area contributed by atoms with E-state index in [-0.39, 0.29) is 0 Å². The fourth-order valence-corrected chi connectivity index (χ4v) is 2.28. The first kappa shape index (κ1) is 14.5. The quantitative estimate of drug-likeness (QED) is 0.627. The van der Waals surface area contributed by atoms with E-state index in [4.69, 9.17) is 4.52 Å². The van der Waals surface area contributed by atoms with Gasteiger partial charge in [-0.2, -0.15) is 16.3 Å². The number of aliphatic imine (C=N–C) groups is 1. The summed E-state index contributed by atoms with van der Waals surface area (Å²) in [4.78, 5) is 8.69. The van der Waals surface area contributed by atoms with Gasteiger partial charge in [-0.3, -0.25) is 0 Å². The molecular weight excluding hydrogens is 274 g/mol. The molecule has 0 bridgehead atoms. The Morgan fingerprint density at radius 1 is 1.45 bits per heavy atom. The van der Waals surface area contributed by atoms with Crippen LogP contribution in [0, 0.1) is 6.92 Å². The molecule has 6 nitrogen and oxygen atoms in total. The number of aromatic nitrogens is 2. The van der Waals surface area contributed by atoms with E-state index in [9.17, 15) is 0 Å². The smallest absolute Gasteiger partial charge is 0.228 e. The molecule has 0 fully saturated rings. The van der Waals surface area contributed by atoms with Crippen LogP contribution in [-0.4, -0.2) is 29.2 Å². The van der Waals surface area contributed by atoms with Gasteiger partial charge in [-0.15, -0.1) is 0 Å². The maximum Gasteiger partial charge on any atom is 0.228 e. The van der Waals surface area contributed by atoms with E-state index in [2.05, 4.69) is 42.6 Å². The number of hydrogen-bond donors (Lipinski definition) is 2. The summed E-state index contributed by atoms with van der Waals surface area (Å²) in [7, 11) is 0. The van der Waals surface area contributed by atoms with Crippen LogP contribution in [0.25, 0.3) is 0 Å². The summed E-state index contributed by atoms with van der Waals surface area (Å²) in [5.41, 5.74) is 1.22. The lowest BCUT2D eigenvalue weighted by molar-refractivity contribution is 0.374. The molecule has 0 atom stereocenters. The zero-order valence-corrected chi connectivity index (χ0v) is 12.5. The third-order valence-corrected chi connectivity index (χ3v) is 3.28. The highest BCUT2D eigenvalue weighted by atomic mass is 32.1. The van der Waals surface area contributed by atoms with Gasteiger partial charge in [-0.05, 0) is 36.2 Å². The topological polar surface area (TPSA) is 75.3 Å². The largest absolute Gasteiger partial charge is 0.357 e. The molecule has 0 aliphatic carbocycles. The maximum absolute atomic E-state index is 5.06. The predicted octanol–water partition coefficient (Wildman–Crippen LogP) is 1.74. The maximum atomic E-state index is 5.06. The molecule has 0 spiro atoms. The van der Waals surface area contributed by atoms with Crippen LogP contribution < -0.4 is 10.6 Å². The Labute approximate surface area is 122 Å². The van der Waals surface area contributed by atoms with E-state index >= 15 is 0 Å². The highest BCUT2D eigenvalue weighted by Crippen LogP contribution is 2.06. The van der Waals surface area contributed by atoms with Gasteiger partial charge in [0.2, 0.25) is 5.89 Å². The summed E-state index contributed by atoms with van der Waals surface area (Å²) in [5, 5.41) is 14.4. The predicted molar refractivity (Wildman–Crippen MR) is 79.9 cm³/mol. The average molecular weight is 293 g/mol. The van der Waals surface area contributed by atoms with Gasteiger partial charge in [0, 0.05) is 19.5 Å². The van der Waals surface area contributed by atoms with E-state index < -0.39 is 0 Å². The van der Waals surface area contributed by atoms with Gasteiger partial charge >= 0.3 is 0 Å². The van der Waals surface area contributed by atoms with Crippen LogP contribution in [-0.2, 0) is 13.0 Å². The molecule has 0 aliphatic heterocycles. The second-order valence-electron chi connectivity index (χ2n) is 4.24. The second-order valence-corrected chi connectivity index (χ2v) is 5.02. The lowest BCUT2D eigenvalue weighted by Crippen LogP contribution is -2.38. The van der Waals surface area contributed by atoms with E-state index in [1.54, 1.807) is 11.3 Å². The van der Waals surface area contributed by atoms with Crippen molar-refractivity contribution in [3.63, 3.8) is 0 Å². The van der Waals surface area contributed by atoms with Gasteiger partial charge in [0.1, 0.15) is 0 Å². The fourth-order valence-electron chi connectivity index (χ4n) is 1.62. The number of rotatable bonds is 6. The first-order valence-electron chi connectivity index (χ1n) is 6.60. The molecule has 0 aromatic carbocycles. The van der Waals surface area contributed by atoms with E-state index in [0.29, 0.717) is 31.2 Å². The number of nitrogens with zero attached hydrogens (tertiary/aromatic N) is 3. The van der Waals surface area contributed by atoms with Crippen molar-refractivity contribution in [1.82, 2.24) is 20.8 Å². The van der Waals surface area contributed by atoms with E-state index in [1.165, 1.54) is 5.56 Å². The molecule has 0 amide bonds. The molecule has 20 heavy (non-hydrogen) atoms. The normalized spacial score (nSPS) is 11.6. The molecular formula is C13H19N5OS. The fraction of sp³-hybridized carbons (Fsp3) is 0.462. The summed E-state index contributed by atoms with van der Waals surface area (Å²) in [6, 6.07) is 2.08. The minimum atomic E-state index is 0.642. The first-order chi connectivity index (χ1) is 9.78. The summed E-state index contributed by atoms with van der Waals surface area (Å²) in [5.74, 6) is 2.11. The molecule has 2 aromatic heterocycles. The number of guanidine groups is 1. The Morgan fingerprint density at radius 3 is 3.00 bits per heavy atom. The van der Waals surface area contributed by atoms with E-state index in [0.717, 1.165) is 12.5 Å². The molecule has 0 radical (unpaired) electrons. The van der Waals surface area contributed by atoms with E-state index in [1.807, 2.05) is 13.8 Å². The summed E-state index contributed by atoms with van der Waals surface area (Å²) < 4.78 is 5.06. The molecule has 2 heterocycles. The highest BCUT2D eigenvalue weighted by Gasteiger charge is 2.03. The standard InChI is InChI=1S/C13H19N5OS/c1-3-14-13(16-8-11-5-7-20-9-11)15-6-4-12-17-10(2)18-19-12/h5,7,9H,3-4,6,8H2,1-2H3,(H2,14,15,16). The van der Waals surface area contributed by atoms with Crippen molar-refractivity contribution in [3.05, 3.63) is 34.1 Å². The summed E-state index contributed by atoms with van der Waals surface area (Å²) in [6.07, 6.45) is 0.684. The van der Waals surface area contributed by atoms with Gasteiger partial charge in [0.25, 0.3) is 0 Å². The van der Waals surface area contributed by atoms with Crippen LogP contribution in [0.3, 0.4) is 0 Å². The van der Waals surface area contributed by atoms with Crippen molar-refractivity contribution in [3.8, 4) is 0 Å². The van der Waals surface area contributed by atoms with Crippen molar-refractivity contribution in [2.24, 2.45) is 4.99 Å². The molecule has 2 rings (SSSR count). The number of thiophene rings is 1. The Hall–Kier alpha value is -1.89. The van der Waals surface area contributed by atoms with Gasteiger partial charge in [0.05, 0.1) is 6.54 Å². The SMILES string of the molecule is CCNC(=NCc1ccsc1)NCCc1nc(C)no1. The number of hydrogen-bond acceptors (Lipinski definition) is 5. The number of nitrogens with one attached hydrogen (secondary N) is 2. The molecule has 2 aromatic rings. The van der Waals surface area contributed by atoms with Crippen molar-refractivity contribution in [2.75, 3.05) is 13.1 Å². The minimum Gasteiger partial charge on any atom is -0.357 e. The monoisotopic (exact) mass is 293 g/mol. The minimum absolute atomic E-state index is 0.642. The van der Waals surface area contributed by atoms with Gasteiger partial charge in [-0.1, -0.05) is 5.16 Å². The number of aryl methyl sites for hydroxylation is 1. The van der Waals surface area contributed by atoms with Crippen molar-refractivity contribution < 1.29 is 4.52 Å². The highest BCUT2D eigenvalue weighted by molar-refractivity contribution is 7.07. The van der Waals surface area contributed by atoms with Crippen LogP contribution in [0.15, 0.2) is 26.3 Å². The van der Waals surface area contributed by atoms with Crippen LogP contribution in [0.5, 0.6) is 0 Å². The third-order valence-electron chi connectivity index (χ3n) is 2.55. The average Bonchev–Trinajstić information content (AvgIpc) is 3.08. The van der Waals surface area contributed by atoms with Crippen LogP contribution in [0.1, 0.15) is 24.2 Å². The molecule has 0 aliphatic rings. The van der Waals surface area contributed by atoms with Gasteiger partial charge in [-0.25, -0.2) is 4.99 Å². The molecule has 7 heteroatoms. The lowest BCUT2D eigenvalue weighted by atomic mass is 10.3. The molecule has 0 unspecified atom stereocenters. The van der Waals surface area contributed by atoms with Crippen LogP contribution >= 0.6 is 11.3 Å². The third kappa shape index (κ3) is 4.65. The second kappa shape index (κ2) is 7.64. The Bertz CT molecular complexity index is 535. The van der Waals surface area contributed by atoms with Crippen molar-refractivity contribution in [1.29, 1.82) is 0 Å². The summed E-state index contributed by atoms with van der Waals surface area (Å²) in [6.45, 7) is 6.07. The zero-order valence-electron chi connectivity index (χ0n) is 11.7. The van der Waals surface area contributed by atoms with Crippen LogP contribution in [0.4, 0.5) is 0 Å².